The van der Waals surface area contributed by atoms with Gasteiger partial charge in [-0.1, -0.05) is 40.2 Å². The van der Waals surface area contributed by atoms with Crippen molar-refractivity contribution < 1.29 is 9.53 Å². The molecule has 0 fully saturated rings. The zero-order chi connectivity index (χ0) is 15.9. The van der Waals surface area contributed by atoms with Crippen LogP contribution in [0.3, 0.4) is 0 Å². The fourth-order valence-electron chi connectivity index (χ4n) is 2.04. The molecular weight excluding hydrogens is 342 g/mol. The van der Waals surface area contributed by atoms with Crippen molar-refractivity contribution >= 4 is 21.8 Å². The van der Waals surface area contributed by atoms with Crippen molar-refractivity contribution in [1.82, 2.24) is 4.90 Å². The van der Waals surface area contributed by atoms with Crippen LogP contribution in [0.1, 0.15) is 11.1 Å². The van der Waals surface area contributed by atoms with E-state index in [1.54, 1.807) is 11.9 Å². The smallest absolute Gasteiger partial charge is 0.226 e. The minimum atomic E-state index is 0.0927. The lowest BCUT2D eigenvalue weighted by atomic mass is 10.1. The Hall–Kier alpha value is -1.81. The van der Waals surface area contributed by atoms with Crippen LogP contribution in [-0.4, -0.2) is 31.0 Å². The fourth-order valence-corrected chi connectivity index (χ4v) is 2.31. The van der Waals surface area contributed by atoms with Gasteiger partial charge in [0.1, 0.15) is 12.4 Å². The summed E-state index contributed by atoms with van der Waals surface area (Å²) in [4.78, 5) is 13.9. The molecular formula is C18H20BrNO2. The molecule has 0 radical (unpaired) electrons. The van der Waals surface area contributed by atoms with Crippen LogP contribution >= 0.6 is 15.9 Å². The zero-order valence-corrected chi connectivity index (χ0v) is 14.5. The lowest BCUT2D eigenvalue weighted by molar-refractivity contribution is -0.129. The van der Waals surface area contributed by atoms with Crippen molar-refractivity contribution in [3.8, 4) is 5.75 Å². The summed E-state index contributed by atoms with van der Waals surface area (Å²) in [6.07, 6.45) is 0.411. The third-order valence-corrected chi connectivity index (χ3v) is 3.91. The average molecular weight is 362 g/mol. The Morgan fingerprint density at radius 2 is 1.91 bits per heavy atom. The summed E-state index contributed by atoms with van der Waals surface area (Å²) in [5.74, 6) is 0.934. The Morgan fingerprint density at radius 1 is 1.18 bits per heavy atom. The molecule has 22 heavy (non-hydrogen) atoms. The summed E-state index contributed by atoms with van der Waals surface area (Å²) in [7, 11) is 1.81. The van der Waals surface area contributed by atoms with Crippen LogP contribution in [0.15, 0.2) is 53.0 Å². The number of ether oxygens (including phenoxy) is 1. The third-order valence-electron chi connectivity index (χ3n) is 3.38. The summed E-state index contributed by atoms with van der Waals surface area (Å²) in [5, 5.41) is 0. The van der Waals surface area contributed by atoms with Gasteiger partial charge in [0.05, 0.1) is 13.0 Å². The Morgan fingerprint density at radius 3 is 2.59 bits per heavy atom. The highest BCUT2D eigenvalue weighted by Gasteiger charge is 2.09. The highest BCUT2D eigenvalue weighted by Crippen LogP contribution is 2.13. The van der Waals surface area contributed by atoms with E-state index in [1.807, 2.05) is 55.5 Å². The number of carbonyl (C=O) groups is 1. The maximum absolute atomic E-state index is 12.2. The van der Waals surface area contributed by atoms with Gasteiger partial charge >= 0.3 is 0 Å². The molecule has 0 aromatic heterocycles. The van der Waals surface area contributed by atoms with E-state index in [-0.39, 0.29) is 5.91 Å². The van der Waals surface area contributed by atoms with Gasteiger partial charge in [0.2, 0.25) is 5.91 Å². The van der Waals surface area contributed by atoms with Crippen LogP contribution in [-0.2, 0) is 11.2 Å². The molecule has 0 aliphatic heterocycles. The number of nitrogens with zero attached hydrogens (tertiary/aromatic N) is 1. The van der Waals surface area contributed by atoms with Gasteiger partial charge in [0.25, 0.3) is 0 Å². The maximum atomic E-state index is 12.2. The summed E-state index contributed by atoms with van der Waals surface area (Å²) < 4.78 is 6.69. The normalized spacial score (nSPS) is 10.3. The molecule has 0 aliphatic rings. The first kappa shape index (κ1) is 16.6. The lowest BCUT2D eigenvalue weighted by Crippen LogP contribution is -2.32. The quantitative estimate of drug-likeness (QED) is 0.782. The van der Waals surface area contributed by atoms with E-state index in [0.29, 0.717) is 19.6 Å². The Balaban J connectivity index is 1.77. The van der Waals surface area contributed by atoms with Crippen LogP contribution in [0.2, 0.25) is 0 Å². The van der Waals surface area contributed by atoms with Crippen molar-refractivity contribution in [2.75, 3.05) is 20.2 Å². The second-order valence-corrected chi connectivity index (χ2v) is 6.20. The number of hydrogen-bond acceptors (Lipinski definition) is 2. The zero-order valence-electron chi connectivity index (χ0n) is 12.9. The number of aryl methyl sites for hydroxylation is 1. The monoisotopic (exact) mass is 361 g/mol. The molecule has 0 saturated carbocycles. The predicted octanol–water partition coefficient (Wildman–Crippen LogP) is 3.84. The molecule has 1 amide bonds. The van der Waals surface area contributed by atoms with Crippen LogP contribution in [0, 0.1) is 6.92 Å². The van der Waals surface area contributed by atoms with E-state index >= 15 is 0 Å². The van der Waals surface area contributed by atoms with Crippen molar-refractivity contribution in [2.24, 2.45) is 0 Å². The number of carbonyl (C=O) groups excluding carboxylic acids is 1. The molecule has 2 aromatic carbocycles. The first-order chi connectivity index (χ1) is 10.5. The number of benzene rings is 2. The average Bonchev–Trinajstić information content (AvgIpc) is 2.49. The molecule has 0 saturated heterocycles. The van der Waals surface area contributed by atoms with E-state index in [4.69, 9.17) is 4.74 Å². The fraction of sp³-hybridized carbons (Fsp3) is 0.278. The van der Waals surface area contributed by atoms with Gasteiger partial charge in [-0.05, 0) is 42.3 Å². The van der Waals surface area contributed by atoms with Gasteiger partial charge in [-0.3, -0.25) is 4.79 Å². The van der Waals surface area contributed by atoms with E-state index in [9.17, 15) is 4.79 Å². The van der Waals surface area contributed by atoms with Crippen molar-refractivity contribution in [2.45, 2.75) is 13.3 Å². The second-order valence-electron chi connectivity index (χ2n) is 5.28. The molecule has 0 unspecified atom stereocenters. The van der Waals surface area contributed by atoms with E-state index in [1.165, 1.54) is 0 Å². The summed E-state index contributed by atoms with van der Waals surface area (Å²) in [6, 6.07) is 15.7. The topological polar surface area (TPSA) is 29.5 Å². The molecule has 0 N–H and O–H groups in total. The number of rotatable bonds is 6. The molecule has 0 aliphatic carbocycles. The summed E-state index contributed by atoms with van der Waals surface area (Å²) in [6.45, 7) is 3.09. The Labute approximate surface area is 140 Å². The number of likely N-dealkylation sites (N-methyl/N-ethyl adjacent to an activating group) is 1. The lowest BCUT2D eigenvalue weighted by Gasteiger charge is -2.17. The molecule has 0 atom stereocenters. The summed E-state index contributed by atoms with van der Waals surface area (Å²) in [5.41, 5.74) is 2.18. The number of hydrogen-bond donors (Lipinski definition) is 0. The van der Waals surface area contributed by atoms with Crippen LogP contribution in [0.5, 0.6) is 5.75 Å². The molecule has 0 spiro atoms. The third kappa shape index (κ3) is 5.19. The second kappa shape index (κ2) is 7.99. The van der Waals surface area contributed by atoms with Gasteiger partial charge in [0.15, 0.2) is 0 Å². The van der Waals surface area contributed by atoms with Gasteiger partial charge < -0.3 is 9.64 Å². The SMILES string of the molecule is Cc1cccc(OCCN(C)C(=O)Cc2ccc(Br)cc2)c1. The highest BCUT2D eigenvalue weighted by atomic mass is 79.9. The van der Waals surface area contributed by atoms with Gasteiger partial charge in [0, 0.05) is 11.5 Å². The predicted molar refractivity (Wildman–Crippen MR) is 92.2 cm³/mol. The standard InChI is InChI=1S/C18H20BrNO2/c1-14-4-3-5-17(12-14)22-11-10-20(2)18(21)13-15-6-8-16(19)9-7-15/h3-9,12H,10-11,13H2,1-2H3. The van der Waals surface area contributed by atoms with Gasteiger partial charge in [-0.15, -0.1) is 0 Å². The van der Waals surface area contributed by atoms with Crippen LogP contribution in [0.4, 0.5) is 0 Å². The Kier molecular flexibility index (Phi) is 6.01. The number of amides is 1. The van der Waals surface area contributed by atoms with Crippen molar-refractivity contribution in [3.63, 3.8) is 0 Å². The van der Waals surface area contributed by atoms with Gasteiger partial charge in [-0.25, -0.2) is 0 Å². The number of halogens is 1. The Bertz CT molecular complexity index is 625. The first-order valence-electron chi connectivity index (χ1n) is 7.22. The van der Waals surface area contributed by atoms with E-state index in [2.05, 4.69) is 15.9 Å². The van der Waals surface area contributed by atoms with Crippen LogP contribution in [0.25, 0.3) is 0 Å². The molecule has 4 heteroatoms. The van der Waals surface area contributed by atoms with E-state index < -0.39 is 0 Å². The molecule has 0 bridgehead atoms. The molecule has 116 valence electrons. The van der Waals surface area contributed by atoms with Crippen LogP contribution < -0.4 is 4.74 Å². The molecule has 2 rings (SSSR count). The molecule has 2 aromatic rings. The van der Waals surface area contributed by atoms with E-state index in [0.717, 1.165) is 21.3 Å². The minimum absolute atomic E-state index is 0.0927. The summed E-state index contributed by atoms with van der Waals surface area (Å²) >= 11 is 3.39. The van der Waals surface area contributed by atoms with Crippen molar-refractivity contribution in [3.05, 3.63) is 64.1 Å². The highest BCUT2D eigenvalue weighted by molar-refractivity contribution is 9.10. The maximum Gasteiger partial charge on any atom is 0.226 e. The first-order valence-corrected chi connectivity index (χ1v) is 8.02. The van der Waals surface area contributed by atoms with Crippen molar-refractivity contribution in [1.29, 1.82) is 0 Å². The largest absolute Gasteiger partial charge is 0.492 e. The molecule has 0 heterocycles. The minimum Gasteiger partial charge on any atom is -0.492 e. The van der Waals surface area contributed by atoms with Gasteiger partial charge in [-0.2, -0.15) is 0 Å². The molecule has 3 nitrogen and oxygen atoms in total.